The molecule has 1 aliphatic rings. The molecule has 0 bridgehead atoms. The number of amides is 1. The van der Waals surface area contributed by atoms with E-state index in [0.717, 1.165) is 29.2 Å². The normalized spacial score (nSPS) is 14.9. The third-order valence-corrected chi connectivity index (χ3v) is 3.97. The molecule has 1 aromatic carbocycles. The van der Waals surface area contributed by atoms with Crippen molar-refractivity contribution in [2.75, 3.05) is 31.1 Å². The highest BCUT2D eigenvalue weighted by molar-refractivity contribution is 5.79. The van der Waals surface area contributed by atoms with Crippen LogP contribution in [0, 0.1) is 0 Å². The Bertz CT molecular complexity index is 637. The molecule has 1 aliphatic heterocycles. The largest absolute Gasteiger partial charge is 0.350 e. The van der Waals surface area contributed by atoms with E-state index in [1.54, 1.807) is 12.3 Å². The summed E-state index contributed by atoms with van der Waals surface area (Å²) in [6.07, 6.45) is 2.06. The maximum atomic E-state index is 12.3. The molecule has 3 rings (SSSR count). The van der Waals surface area contributed by atoms with Gasteiger partial charge in [-0.25, -0.2) is 0 Å². The zero-order valence-corrected chi connectivity index (χ0v) is 12.4. The van der Waals surface area contributed by atoms with Crippen LogP contribution >= 0.6 is 0 Å². The van der Waals surface area contributed by atoms with Crippen LogP contribution in [0.25, 0.3) is 0 Å². The lowest BCUT2D eigenvalue weighted by molar-refractivity contribution is -0.894. The Morgan fingerprint density at radius 3 is 2.36 bits per heavy atom. The number of carbonyl (C=O) groups excluding carboxylic acids is 1. The number of hydrogen-bond donors (Lipinski definition) is 1. The maximum absolute atomic E-state index is 12.3. The number of anilines is 1. The molecule has 22 heavy (non-hydrogen) atoms. The van der Waals surface area contributed by atoms with E-state index < -0.39 is 0 Å². The van der Waals surface area contributed by atoms with Crippen LogP contribution in [-0.4, -0.2) is 42.2 Å². The van der Waals surface area contributed by atoms with Crippen LogP contribution in [0.4, 0.5) is 5.82 Å². The van der Waals surface area contributed by atoms with Gasteiger partial charge in [-0.15, -0.1) is 0 Å². The third-order valence-electron chi connectivity index (χ3n) is 3.97. The predicted octanol–water partition coefficient (Wildman–Crippen LogP) is 1.10. The van der Waals surface area contributed by atoms with Gasteiger partial charge in [0.2, 0.25) is 5.91 Å². The van der Waals surface area contributed by atoms with Crippen molar-refractivity contribution in [1.82, 2.24) is 4.90 Å². The highest BCUT2D eigenvalue weighted by Crippen LogP contribution is 2.12. The monoisotopic (exact) mass is 298 g/mol. The minimum atomic E-state index is 0.163. The van der Waals surface area contributed by atoms with E-state index in [1.165, 1.54) is 0 Å². The van der Waals surface area contributed by atoms with E-state index in [2.05, 4.69) is 4.90 Å². The van der Waals surface area contributed by atoms with Crippen LogP contribution in [-0.2, 0) is 11.2 Å². The Kier molecular flexibility index (Phi) is 4.23. The summed E-state index contributed by atoms with van der Waals surface area (Å²) in [5.41, 5.74) is 1.05. The van der Waals surface area contributed by atoms with Gasteiger partial charge in [0, 0.05) is 6.07 Å². The van der Waals surface area contributed by atoms with Crippen LogP contribution in [0.15, 0.2) is 54.7 Å². The number of piperazine rings is 1. The van der Waals surface area contributed by atoms with Gasteiger partial charge in [-0.3, -0.25) is 9.69 Å². The molecule has 1 N–H and O–H groups in total. The molecule has 1 saturated heterocycles. The second-order valence-corrected chi connectivity index (χ2v) is 5.43. The molecule has 5 nitrogen and oxygen atoms in total. The lowest BCUT2D eigenvalue weighted by Gasteiger charge is -2.31. The average Bonchev–Trinajstić information content (AvgIpc) is 2.56. The quantitative estimate of drug-likeness (QED) is 0.682. The highest BCUT2D eigenvalue weighted by atomic mass is 16.5. The van der Waals surface area contributed by atoms with E-state index in [1.807, 2.05) is 47.4 Å². The van der Waals surface area contributed by atoms with Crippen LogP contribution < -0.4 is 9.63 Å². The first-order valence-corrected chi connectivity index (χ1v) is 7.50. The van der Waals surface area contributed by atoms with Gasteiger partial charge in [-0.05, 0) is 11.6 Å². The lowest BCUT2D eigenvalue weighted by atomic mass is 10.1. The number of benzene rings is 1. The number of nitrogens with zero attached hydrogens (tertiary/aromatic N) is 3. The van der Waals surface area contributed by atoms with Crippen molar-refractivity contribution >= 4 is 11.7 Å². The summed E-state index contributed by atoms with van der Waals surface area (Å²) in [5, 5.41) is 9.83. The molecule has 2 heterocycles. The van der Waals surface area contributed by atoms with Gasteiger partial charge >= 0.3 is 5.82 Å². The molecule has 1 amide bonds. The van der Waals surface area contributed by atoms with Gasteiger partial charge in [-0.2, -0.15) is 0 Å². The lowest BCUT2D eigenvalue weighted by Crippen LogP contribution is -2.52. The fraction of sp³-hybridized carbons (Fsp3) is 0.294. The number of hydrogen-bond acceptors (Lipinski definition) is 3. The number of rotatable bonds is 3. The molecule has 1 fully saturated rings. The zero-order chi connectivity index (χ0) is 15.4. The summed E-state index contributed by atoms with van der Waals surface area (Å²) in [4.78, 5) is 16.3. The van der Waals surface area contributed by atoms with E-state index in [4.69, 9.17) is 0 Å². The summed E-state index contributed by atoms with van der Waals surface area (Å²) >= 11 is 0. The van der Waals surface area contributed by atoms with Gasteiger partial charge < -0.3 is 10.1 Å². The maximum Gasteiger partial charge on any atom is 0.316 e. The number of pyridine rings is 1. The van der Waals surface area contributed by atoms with Crippen molar-refractivity contribution in [3.8, 4) is 0 Å². The van der Waals surface area contributed by atoms with Crippen molar-refractivity contribution in [1.29, 1.82) is 0 Å². The fourth-order valence-corrected chi connectivity index (χ4v) is 2.74. The van der Waals surface area contributed by atoms with Crippen molar-refractivity contribution < 1.29 is 14.7 Å². The Balaban J connectivity index is 1.58. The Labute approximate surface area is 130 Å². The SMILES string of the molecule is O=C(Cc1ccccc1)N1CCN(c2cccc[n+]2O)CC1. The molecular formula is C17H20N3O2+. The first kappa shape index (κ1) is 14.4. The first-order chi connectivity index (χ1) is 10.7. The van der Waals surface area contributed by atoms with Gasteiger partial charge in [0.05, 0.1) is 19.5 Å². The van der Waals surface area contributed by atoms with Crippen molar-refractivity contribution in [2.45, 2.75) is 6.42 Å². The minimum absolute atomic E-state index is 0.163. The van der Waals surface area contributed by atoms with Crippen LogP contribution in [0.1, 0.15) is 5.56 Å². The van der Waals surface area contributed by atoms with Gasteiger partial charge in [0.1, 0.15) is 19.3 Å². The Morgan fingerprint density at radius 2 is 1.68 bits per heavy atom. The molecule has 2 aromatic rings. The van der Waals surface area contributed by atoms with E-state index in [9.17, 15) is 10.0 Å². The summed E-state index contributed by atoms with van der Waals surface area (Å²) in [5.74, 6) is 0.924. The molecule has 0 aliphatic carbocycles. The molecule has 0 saturated carbocycles. The van der Waals surface area contributed by atoms with Crippen LogP contribution in [0.5, 0.6) is 0 Å². The highest BCUT2D eigenvalue weighted by Gasteiger charge is 2.27. The topological polar surface area (TPSA) is 47.7 Å². The first-order valence-electron chi connectivity index (χ1n) is 7.50. The standard InChI is InChI=1S/C17H20N3O2/c21-17(14-15-6-2-1-3-7-15)19-12-10-18(11-13-19)16-8-4-5-9-20(16)22/h1-9,22H,10-14H2/q+1. The van der Waals surface area contributed by atoms with E-state index >= 15 is 0 Å². The summed E-state index contributed by atoms with van der Waals surface area (Å²) in [7, 11) is 0. The average molecular weight is 298 g/mol. The number of carbonyl (C=O) groups is 1. The van der Waals surface area contributed by atoms with Crippen LogP contribution in [0.3, 0.4) is 0 Å². The van der Waals surface area contributed by atoms with E-state index in [-0.39, 0.29) is 5.91 Å². The molecule has 0 spiro atoms. The Morgan fingerprint density at radius 1 is 1.00 bits per heavy atom. The van der Waals surface area contributed by atoms with Gasteiger partial charge in [-0.1, -0.05) is 41.1 Å². The molecule has 114 valence electrons. The molecule has 1 aromatic heterocycles. The molecule has 0 unspecified atom stereocenters. The van der Waals surface area contributed by atoms with Crippen molar-refractivity contribution in [3.63, 3.8) is 0 Å². The molecular weight excluding hydrogens is 278 g/mol. The summed E-state index contributed by atoms with van der Waals surface area (Å²) in [6, 6.07) is 15.4. The Hall–Kier alpha value is -2.56. The second-order valence-electron chi connectivity index (χ2n) is 5.43. The molecule has 0 atom stereocenters. The van der Waals surface area contributed by atoms with Gasteiger partial charge in [0.25, 0.3) is 0 Å². The fourth-order valence-electron chi connectivity index (χ4n) is 2.74. The summed E-state index contributed by atoms with van der Waals surface area (Å²) in [6.45, 7) is 2.82. The van der Waals surface area contributed by atoms with Crippen molar-refractivity contribution in [2.24, 2.45) is 0 Å². The van der Waals surface area contributed by atoms with Crippen molar-refractivity contribution in [3.05, 3.63) is 60.3 Å². The minimum Gasteiger partial charge on any atom is -0.350 e. The van der Waals surface area contributed by atoms with E-state index in [0.29, 0.717) is 19.5 Å². The zero-order valence-electron chi connectivity index (χ0n) is 12.4. The second kappa shape index (κ2) is 6.47. The molecule has 0 radical (unpaired) electrons. The summed E-state index contributed by atoms with van der Waals surface area (Å²) < 4.78 is 1.13. The van der Waals surface area contributed by atoms with Gasteiger partial charge in [0.15, 0.2) is 0 Å². The van der Waals surface area contributed by atoms with Crippen LogP contribution in [0.2, 0.25) is 0 Å². The molecule has 5 heteroatoms. The number of aromatic nitrogens is 1. The predicted molar refractivity (Wildman–Crippen MR) is 82.8 cm³/mol. The third kappa shape index (κ3) is 3.19. The smallest absolute Gasteiger partial charge is 0.316 e.